The zero-order valence-corrected chi connectivity index (χ0v) is 23.9. The van der Waals surface area contributed by atoms with Crippen molar-refractivity contribution in [3.8, 4) is 67.0 Å². The Morgan fingerprint density at radius 1 is 0.295 bits per heavy atom. The van der Waals surface area contributed by atoms with Crippen LogP contribution in [0.5, 0.6) is 0 Å². The van der Waals surface area contributed by atoms with Crippen molar-refractivity contribution in [2.45, 2.75) is 0 Å². The Balaban J connectivity index is 1.51. The molecule has 9 rings (SSSR count). The van der Waals surface area contributed by atoms with E-state index < -0.39 is 0 Å². The molecule has 0 N–H and O–H groups in total. The van der Waals surface area contributed by atoms with Crippen LogP contribution in [0.4, 0.5) is 0 Å². The predicted molar refractivity (Wildman–Crippen MR) is 183 cm³/mol. The highest BCUT2D eigenvalue weighted by Crippen LogP contribution is 2.59. The number of benzene rings is 6. The summed E-state index contributed by atoms with van der Waals surface area (Å²) in [5.41, 5.74) is 14.2. The molecule has 0 unspecified atom stereocenters. The summed E-state index contributed by atoms with van der Waals surface area (Å²) in [5.74, 6) is 0. The molecule has 204 valence electrons. The first-order valence-electron chi connectivity index (χ1n) is 15.0. The minimum Gasteiger partial charge on any atom is -0.256 e. The average molecular weight is 559 g/mol. The van der Waals surface area contributed by atoms with E-state index in [-0.39, 0.29) is 0 Å². The molecule has 0 fully saturated rings. The van der Waals surface area contributed by atoms with Gasteiger partial charge in [0.2, 0.25) is 0 Å². The van der Waals surface area contributed by atoms with Crippen LogP contribution in [0.25, 0.3) is 88.6 Å². The monoisotopic (exact) mass is 558 g/mol. The van der Waals surface area contributed by atoms with Gasteiger partial charge in [0.05, 0.1) is 11.4 Å². The minimum atomic E-state index is 0.959. The lowest BCUT2D eigenvalue weighted by molar-refractivity contribution is 1.32. The third-order valence-corrected chi connectivity index (χ3v) is 8.92. The fourth-order valence-electron chi connectivity index (χ4n) is 7.17. The number of fused-ring (bicyclic) bond motifs is 4. The zero-order valence-electron chi connectivity index (χ0n) is 23.9. The van der Waals surface area contributed by atoms with Crippen LogP contribution in [0.15, 0.2) is 158 Å². The molecule has 0 atom stereocenters. The summed E-state index contributed by atoms with van der Waals surface area (Å²) in [6.45, 7) is 0. The molecule has 44 heavy (non-hydrogen) atoms. The average Bonchev–Trinajstić information content (AvgIpc) is 3.43. The minimum absolute atomic E-state index is 0.959. The second kappa shape index (κ2) is 9.86. The second-order valence-corrected chi connectivity index (χ2v) is 11.3. The number of hydrogen-bond acceptors (Lipinski definition) is 2. The third kappa shape index (κ3) is 3.61. The molecular weight excluding hydrogens is 532 g/mol. The molecule has 0 bridgehead atoms. The first-order chi connectivity index (χ1) is 21.9. The van der Waals surface area contributed by atoms with E-state index in [2.05, 4.69) is 133 Å². The summed E-state index contributed by atoms with van der Waals surface area (Å²) in [4.78, 5) is 9.63. The van der Waals surface area contributed by atoms with Crippen LogP contribution in [-0.4, -0.2) is 9.97 Å². The summed E-state index contributed by atoms with van der Waals surface area (Å²) >= 11 is 0. The van der Waals surface area contributed by atoms with Crippen molar-refractivity contribution in [3.63, 3.8) is 0 Å². The topological polar surface area (TPSA) is 25.8 Å². The second-order valence-electron chi connectivity index (χ2n) is 11.3. The van der Waals surface area contributed by atoms with Crippen molar-refractivity contribution in [3.05, 3.63) is 158 Å². The maximum Gasteiger partial charge on any atom is 0.0708 e. The van der Waals surface area contributed by atoms with E-state index in [0.717, 1.165) is 22.5 Å². The summed E-state index contributed by atoms with van der Waals surface area (Å²) in [6, 6.07) is 52.1. The van der Waals surface area contributed by atoms with Gasteiger partial charge in [-0.15, -0.1) is 0 Å². The SMILES string of the molecule is c1ccc(-c2c3c(c(-c4ccccc4)c4ccccc24)-c2ccc(-c4ccccn4)c4c(-c5ccccn5)ccc-3c24)cc1. The van der Waals surface area contributed by atoms with Gasteiger partial charge in [-0.1, -0.05) is 121 Å². The molecule has 0 saturated heterocycles. The van der Waals surface area contributed by atoms with Gasteiger partial charge in [-0.05, 0) is 84.9 Å². The van der Waals surface area contributed by atoms with Crippen molar-refractivity contribution in [2.24, 2.45) is 0 Å². The smallest absolute Gasteiger partial charge is 0.0708 e. The maximum absolute atomic E-state index is 4.82. The molecule has 0 amide bonds. The van der Waals surface area contributed by atoms with Crippen molar-refractivity contribution >= 4 is 21.5 Å². The van der Waals surface area contributed by atoms with E-state index in [4.69, 9.17) is 9.97 Å². The summed E-state index contributed by atoms with van der Waals surface area (Å²) in [7, 11) is 0. The fourth-order valence-corrected chi connectivity index (χ4v) is 7.17. The molecule has 2 aromatic heterocycles. The Bertz CT molecular complexity index is 2180. The number of aromatic nitrogens is 2. The van der Waals surface area contributed by atoms with Gasteiger partial charge >= 0.3 is 0 Å². The van der Waals surface area contributed by atoms with Gasteiger partial charge in [0.1, 0.15) is 0 Å². The Morgan fingerprint density at radius 3 is 1.11 bits per heavy atom. The largest absolute Gasteiger partial charge is 0.256 e. The molecule has 8 aromatic rings. The van der Waals surface area contributed by atoms with Crippen LogP contribution < -0.4 is 0 Å². The van der Waals surface area contributed by atoms with Crippen molar-refractivity contribution < 1.29 is 0 Å². The molecular formula is C42H26N2. The van der Waals surface area contributed by atoms with Gasteiger partial charge in [-0.3, -0.25) is 9.97 Å². The molecule has 0 radical (unpaired) electrons. The predicted octanol–water partition coefficient (Wildman–Crippen LogP) is 11.1. The van der Waals surface area contributed by atoms with Crippen molar-refractivity contribution in [1.29, 1.82) is 0 Å². The van der Waals surface area contributed by atoms with Gasteiger partial charge in [-0.25, -0.2) is 0 Å². The molecule has 0 saturated carbocycles. The molecule has 0 spiro atoms. The Hall–Kier alpha value is -5.86. The molecule has 2 heteroatoms. The van der Waals surface area contributed by atoms with E-state index >= 15 is 0 Å². The van der Waals surface area contributed by atoms with E-state index in [1.807, 2.05) is 24.5 Å². The summed E-state index contributed by atoms with van der Waals surface area (Å²) in [6.07, 6.45) is 3.75. The lowest BCUT2D eigenvalue weighted by Crippen LogP contribution is -1.93. The van der Waals surface area contributed by atoms with Gasteiger partial charge in [-0.2, -0.15) is 0 Å². The van der Waals surface area contributed by atoms with Gasteiger partial charge in [0.25, 0.3) is 0 Å². The number of nitrogens with zero attached hydrogens (tertiary/aromatic N) is 2. The Kier molecular flexibility index (Phi) is 5.54. The first kappa shape index (κ1) is 24.7. The molecule has 1 aliphatic carbocycles. The van der Waals surface area contributed by atoms with Crippen LogP contribution in [0, 0.1) is 0 Å². The lowest BCUT2D eigenvalue weighted by Gasteiger charge is -2.20. The summed E-state index contributed by atoms with van der Waals surface area (Å²) < 4.78 is 0. The number of rotatable bonds is 4. The number of pyridine rings is 2. The van der Waals surface area contributed by atoms with E-state index in [1.165, 1.54) is 66.1 Å². The molecule has 2 nitrogen and oxygen atoms in total. The Labute approximate surface area is 256 Å². The number of hydrogen-bond donors (Lipinski definition) is 0. The van der Waals surface area contributed by atoms with Crippen LogP contribution in [-0.2, 0) is 0 Å². The van der Waals surface area contributed by atoms with Crippen molar-refractivity contribution in [1.82, 2.24) is 9.97 Å². The third-order valence-electron chi connectivity index (χ3n) is 8.92. The van der Waals surface area contributed by atoms with Crippen LogP contribution >= 0.6 is 0 Å². The summed E-state index contributed by atoms with van der Waals surface area (Å²) in [5, 5.41) is 4.97. The highest BCUT2D eigenvalue weighted by Gasteiger charge is 2.32. The van der Waals surface area contributed by atoms with Crippen LogP contribution in [0.1, 0.15) is 0 Å². The highest BCUT2D eigenvalue weighted by atomic mass is 14.7. The molecule has 6 aromatic carbocycles. The molecule has 2 heterocycles. The van der Waals surface area contributed by atoms with Gasteiger partial charge < -0.3 is 0 Å². The van der Waals surface area contributed by atoms with E-state index in [1.54, 1.807) is 0 Å². The molecule has 0 aliphatic heterocycles. The fraction of sp³-hybridized carbons (Fsp3) is 0. The van der Waals surface area contributed by atoms with Crippen LogP contribution in [0.3, 0.4) is 0 Å². The lowest BCUT2D eigenvalue weighted by atomic mass is 9.82. The molecule has 1 aliphatic rings. The van der Waals surface area contributed by atoms with Crippen LogP contribution in [0.2, 0.25) is 0 Å². The maximum atomic E-state index is 4.82. The van der Waals surface area contributed by atoms with Gasteiger partial charge in [0.15, 0.2) is 0 Å². The van der Waals surface area contributed by atoms with Gasteiger partial charge in [0, 0.05) is 28.9 Å². The zero-order chi connectivity index (χ0) is 29.0. The normalized spacial score (nSPS) is 11.6. The standard InChI is InChI=1S/C42H26N2/c1-3-13-27(14-4-1)37-29-17-7-8-18-30(29)38(28-15-5-2-6-16-28)42-34-24-22-32(36-20-10-12-26-44-36)39-31(35-19-9-11-25-43-35)21-23-33(40(34)39)41(37)42/h1-26H. The quantitative estimate of drug-likeness (QED) is 0.215. The van der Waals surface area contributed by atoms with E-state index in [9.17, 15) is 0 Å². The highest BCUT2D eigenvalue weighted by molar-refractivity contribution is 6.30. The van der Waals surface area contributed by atoms with Crippen molar-refractivity contribution in [2.75, 3.05) is 0 Å². The van der Waals surface area contributed by atoms with E-state index in [0.29, 0.717) is 0 Å². The Morgan fingerprint density at radius 2 is 0.682 bits per heavy atom. The first-order valence-corrected chi connectivity index (χ1v) is 15.0.